The normalized spacial score (nSPS) is 11.0. The van der Waals surface area contributed by atoms with Gasteiger partial charge in [-0.15, -0.1) is 0 Å². The van der Waals surface area contributed by atoms with Crippen molar-refractivity contribution in [2.45, 2.75) is 20.8 Å². The van der Waals surface area contributed by atoms with E-state index in [0.29, 0.717) is 65.1 Å². The number of rotatable bonds is 10. The Morgan fingerprint density at radius 1 is 1.00 bits per heavy atom. The third kappa shape index (κ3) is 4.88. The van der Waals surface area contributed by atoms with E-state index in [4.69, 9.17) is 18.9 Å². The first-order chi connectivity index (χ1) is 15.1. The van der Waals surface area contributed by atoms with Gasteiger partial charge in [-0.3, -0.25) is 5.43 Å². The summed E-state index contributed by atoms with van der Waals surface area (Å²) in [4.78, 5) is 8.67. The molecular formula is C22H26N4O5. The van der Waals surface area contributed by atoms with E-state index in [1.807, 2.05) is 20.8 Å². The zero-order valence-corrected chi connectivity index (χ0v) is 18.0. The van der Waals surface area contributed by atoms with Gasteiger partial charge in [0.25, 0.3) is 0 Å². The fraction of sp³-hybridized carbons (Fsp3) is 0.318. The summed E-state index contributed by atoms with van der Waals surface area (Å²) in [5, 5.41) is 14.9. The molecule has 0 aliphatic rings. The van der Waals surface area contributed by atoms with E-state index >= 15 is 0 Å². The summed E-state index contributed by atoms with van der Waals surface area (Å²) in [5.74, 6) is 2.63. The molecular weight excluding hydrogens is 400 g/mol. The Kier molecular flexibility index (Phi) is 7.31. The van der Waals surface area contributed by atoms with Gasteiger partial charge in [0.05, 0.1) is 44.0 Å². The second-order valence-corrected chi connectivity index (χ2v) is 6.24. The van der Waals surface area contributed by atoms with E-state index in [2.05, 4.69) is 20.5 Å². The summed E-state index contributed by atoms with van der Waals surface area (Å²) in [7, 11) is 1.56. The Balaban J connectivity index is 2.05. The lowest BCUT2D eigenvalue weighted by Crippen LogP contribution is -2.05. The van der Waals surface area contributed by atoms with Crippen molar-refractivity contribution in [3.63, 3.8) is 0 Å². The molecule has 9 heteroatoms. The molecule has 0 saturated carbocycles. The van der Waals surface area contributed by atoms with Gasteiger partial charge in [0.15, 0.2) is 17.3 Å². The number of hydrogen-bond donors (Lipinski definition) is 2. The van der Waals surface area contributed by atoms with Crippen molar-refractivity contribution in [1.82, 2.24) is 9.97 Å². The lowest BCUT2D eigenvalue weighted by atomic mass is 10.1. The fourth-order valence-corrected chi connectivity index (χ4v) is 2.98. The molecule has 0 radical (unpaired) electrons. The van der Waals surface area contributed by atoms with E-state index in [-0.39, 0.29) is 5.75 Å². The minimum Gasteiger partial charge on any atom is -0.507 e. The van der Waals surface area contributed by atoms with Crippen LogP contribution < -0.4 is 24.4 Å². The molecule has 3 aromatic rings. The topological polar surface area (TPSA) is 107 Å². The number of aromatic nitrogens is 2. The molecule has 0 aliphatic heterocycles. The van der Waals surface area contributed by atoms with E-state index < -0.39 is 0 Å². The van der Waals surface area contributed by atoms with Crippen LogP contribution in [0.2, 0.25) is 0 Å². The molecule has 31 heavy (non-hydrogen) atoms. The van der Waals surface area contributed by atoms with Gasteiger partial charge in [-0.2, -0.15) is 5.10 Å². The van der Waals surface area contributed by atoms with Crippen LogP contribution in [-0.2, 0) is 0 Å². The van der Waals surface area contributed by atoms with Crippen molar-refractivity contribution in [3.05, 3.63) is 36.2 Å². The second kappa shape index (κ2) is 10.3. The van der Waals surface area contributed by atoms with Crippen LogP contribution in [0.15, 0.2) is 35.7 Å². The summed E-state index contributed by atoms with van der Waals surface area (Å²) in [6.07, 6.45) is 2.90. The lowest BCUT2D eigenvalue weighted by Gasteiger charge is -2.18. The molecule has 1 aromatic heterocycles. The molecule has 9 nitrogen and oxygen atoms in total. The first kappa shape index (κ1) is 21.9. The number of methoxy groups -OCH3 is 1. The molecule has 0 spiro atoms. The van der Waals surface area contributed by atoms with Gasteiger partial charge < -0.3 is 24.1 Å². The predicted octanol–water partition coefficient (Wildman–Crippen LogP) is 3.99. The van der Waals surface area contributed by atoms with Crippen molar-refractivity contribution in [1.29, 1.82) is 0 Å². The smallest absolute Gasteiger partial charge is 0.204 e. The van der Waals surface area contributed by atoms with Crippen LogP contribution in [0.1, 0.15) is 26.3 Å². The molecule has 0 atom stereocenters. The number of nitrogens with zero attached hydrogens (tertiary/aromatic N) is 3. The van der Waals surface area contributed by atoms with Gasteiger partial charge in [0.1, 0.15) is 17.8 Å². The monoisotopic (exact) mass is 426 g/mol. The molecule has 0 unspecified atom stereocenters. The summed E-state index contributed by atoms with van der Waals surface area (Å²) in [6.45, 7) is 7.00. The first-order valence-corrected chi connectivity index (χ1v) is 9.99. The molecule has 1 heterocycles. The molecule has 164 valence electrons. The number of phenols is 1. The lowest BCUT2D eigenvalue weighted by molar-refractivity contribution is 0.263. The standard InChI is InChI=1S/C22H26N4O5/c1-5-29-18-11-16-19(21(31-7-3)20(18)30-6-2)22(24-13-23-16)26-25-12-14-10-15(28-4)8-9-17(14)27/h8-13,27H,5-7H2,1-4H3,(H,23,24,26)/b25-12+. The SMILES string of the molecule is CCOc1cc2ncnc(N/N=C/c3cc(OC)ccc3O)c2c(OCC)c1OCC. The highest BCUT2D eigenvalue weighted by atomic mass is 16.5. The van der Waals surface area contributed by atoms with Crippen LogP contribution >= 0.6 is 0 Å². The number of nitrogens with one attached hydrogen (secondary N) is 1. The number of benzene rings is 2. The zero-order chi connectivity index (χ0) is 22.2. The predicted molar refractivity (Wildman–Crippen MR) is 119 cm³/mol. The third-order valence-electron chi connectivity index (χ3n) is 4.29. The highest BCUT2D eigenvalue weighted by Gasteiger charge is 2.21. The highest BCUT2D eigenvalue weighted by Crippen LogP contribution is 2.45. The third-order valence-corrected chi connectivity index (χ3v) is 4.29. The molecule has 0 fully saturated rings. The average Bonchev–Trinajstić information content (AvgIpc) is 2.77. The Morgan fingerprint density at radius 2 is 1.74 bits per heavy atom. The van der Waals surface area contributed by atoms with Crippen LogP contribution in [0.3, 0.4) is 0 Å². The largest absolute Gasteiger partial charge is 0.507 e. The number of fused-ring (bicyclic) bond motifs is 1. The van der Waals surface area contributed by atoms with Crippen molar-refractivity contribution in [2.24, 2.45) is 5.10 Å². The Morgan fingerprint density at radius 3 is 2.45 bits per heavy atom. The number of ether oxygens (including phenoxy) is 4. The number of hydrogen-bond acceptors (Lipinski definition) is 9. The van der Waals surface area contributed by atoms with Crippen molar-refractivity contribution in [3.8, 4) is 28.7 Å². The van der Waals surface area contributed by atoms with Gasteiger partial charge in [-0.05, 0) is 39.0 Å². The summed E-state index contributed by atoms with van der Waals surface area (Å²) in [6, 6.07) is 6.66. The van der Waals surface area contributed by atoms with E-state index in [9.17, 15) is 5.11 Å². The van der Waals surface area contributed by atoms with Crippen LogP contribution in [0.25, 0.3) is 10.9 Å². The maximum atomic E-state index is 10.0. The zero-order valence-electron chi connectivity index (χ0n) is 18.0. The van der Waals surface area contributed by atoms with Crippen LogP contribution in [0.4, 0.5) is 5.82 Å². The van der Waals surface area contributed by atoms with Crippen molar-refractivity contribution in [2.75, 3.05) is 32.4 Å². The maximum absolute atomic E-state index is 10.0. The number of phenolic OH excluding ortho intramolecular Hbond substituents is 1. The first-order valence-electron chi connectivity index (χ1n) is 9.99. The van der Waals surface area contributed by atoms with Crippen LogP contribution in [-0.4, -0.2) is 48.2 Å². The van der Waals surface area contributed by atoms with Gasteiger partial charge in [-0.1, -0.05) is 0 Å². The van der Waals surface area contributed by atoms with Gasteiger partial charge in [0.2, 0.25) is 5.75 Å². The Bertz CT molecular complexity index is 1070. The summed E-state index contributed by atoms with van der Waals surface area (Å²) in [5.41, 5.74) is 4.02. The molecule has 0 bridgehead atoms. The average molecular weight is 426 g/mol. The summed E-state index contributed by atoms with van der Waals surface area (Å²) < 4.78 is 22.7. The van der Waals surface area contributed by atoms with E-state index in [0.717, 1.165) is 0 Å². The van der Waals surface area contributed by atoms with Gasteiger partial charge >= 0.3 is 0 Å². The van der Waals surface area contributed by atoms with Crippen molar-refractivity contribution < 1.29 is 24.1 Å². The molecule has 2 aromatic carbocycles. The number of anilines is 1. The molecule has 2 N–H and O–H groups in total. The number of hydrazone groups is 1. The van der Waals surface area contributed by atoms with Gasteiger partial charge in [-0.25, -0.2) is 9.97 Å². The minimum absolute atomic E-state index is 0.0777. The quantitative estimate of drug-likeness (QED) is 0.370. The number of aromatic hydroxyl groups is 1. The second-order valence-electron chi connectivity index (χ2n) is 6.24. The molecule has 0 amide bonds. The Labute approximate surface area is 180 Å². The molecule has 0 saturated heterocycles. The van der Waals surface area contributed by atoms with E-state index in [1.165, 1.54) is 18.6 Å². The fourth-order valence-electron chi connectivity index (χ4n) is 2.98. The summed E-state index contributed by atoms with van der Waals surface area (Å²) >= 11 is 0. The van der Waals surface area contributed by atoms with E-state index in [1.54, 1.807) is 25.3 Å². The minimum atomic E-state index is 0.0777. The molecule has 3 rings (SSSR count). The van der Waals surface area contributed by atoms with Crippen molar-refractivity contribution >= 4 is 22.9 Å². The Hall–Kier alpha value is -3.75. The highest BCUT2D eigenvalue weighted by molar-refractivity contribution is 5.98. The maximum Gasteiger partial charge on any atom is 0.204 e. The van der Waals surface area contributed by atoms with Gasteiger partial charge in [0, 0.05) is 11.6 Å². The van der Waals surface area contributed by atoms with Crippen LogP contribution in [0, 0.1) is 0 Å². The van der Waals surface area contributed by atoms with Crippen LogP contribution in [0.5, 0.6) is 28.7 Å². The molecule has 0 aliphatic carbocycles.